The second-order valence-electron chi connectivity index (χ2n) is 24.3. The van der Waals surface area contributed by atoms with E-state index in [1.165, 1.54) is 6.07 Å². The molecule has 0 aromatic heterocycles. The molecule has 0 bridgehead atoms. The number of aromatic carboxylic acids is 1. The van der Waals surface area contributed by atoms with Gasteiger partial charge in [0.15, 0.2) is 21.3 Å². The van der Waals surface area contributed by atoms with Gasteiger partial charge in [-0.2, -0.15) is 28.6 Å². The molecule has 4 aromatic rings. The number of unbranched alkanes of at least 4 members (excludes halogenated alkanes) is 5. The summed E-state index contributed by atoms with van der Waals surface area (Å²) in [6, 6.07) is 9.50. The van der Waals surface area contributed by atoms with Gasteiger partial charge in [0.1, 0.15) is 6.04 Å². The van der Waals surface area contributed by atoms with E-state index in [0.717, 1.165) is 55.2 Å². The molecule has 4 amide bonds. The van der Waals surface area contributed by atoms with Crippen LogP contribution < -0.4 is 41.9 Å². The number of carbonyl (C=O) groups is 5. The van der Waals surface area contributed by atoms with Crippen LogP contribution in [0.15, 0.2) is 56.1 Å². The number of carboxylic acid groups (broad SMARTS) is 2. The number of nitrogens with zero attached hydrogens (tertiary/aromatic N) is 1. The maximum atomic E-state index is 13.8. The largest absolute Gasteiger partial charge is 0.480 e. The number of thioether (sulfide) groups is 2. The number of nitrogens with one attached hydrogen (secondary N) is 5. The molecule has 88 heavy (non-hydrogen) atoms. The predicted molar refractivity (Wildman–Crippen MR) is 339 cm³/mol. The van der Waals surface area contributed by atoms with E-state index in [2.05, 4.69) is 38.4 Å². The molecule has 5 aliphatic rings. The van der Waals surface area contributed by atoms with Crippen molar-refractivity contribution in [2.75, 3.05) is 23.4 Å². The van der Waals surface area contributed by atoms with Crippen LogP contribution in [-0.4, -0.2) is 118 Å². The number of anilines is 1. The number of hydrogen-bond acceptors (Lipinski definition) is 14. The molecule has 2 unspecified atom stereocenters. The molecular formula is C61H69Cl3N6O14S4. The van der Waals surface area contributed by atoms with Crippen molar-refractivity contribution in [1.82, 2.24) is 21.3 Å². The molecule has 9 N–H and O–H groups in total. The second-order valence-corrected chi connectivity index (χ2v) is 30.4. The third kappa shape index (κ3) is 14.7. The number of carboxylic acids is 2. The number of carbonyl (C=O) groups excluding carboxylic acids is 3. The molecule has 6 atom stereocenters. The van der Waals surface area contributed by atoms with Crippen molar-refractivity contribution in [2.24, 2.45) is 4.99 Å². The van der Waals surface area contributed by atoms with Crippen LogP contribution in [0.3, 0.4) is 0 Å². The summed E-state index contributed by atoms with van der Waals surface area (Å²) in [5.41, 5.74) is -0.891. The Hall–Kier alpha value is -5.75. The van der Waals surface area contributed by atoms with Crippen molar-refractivity contribution in [2.45, 2.75) is 180 Å². The summed E-state index contributed by atoms with van der Waals surface area (Å²) >= 11 is 23.8. The Bertz CT molecular complexity index is 3970. The number of rotatable bonds is 22. The molecule has 0 spiro atoms. The molecule has 2 fully saturated rings. The van der Waals surface area contributed by atoms with Gasteiger partial charge in [-0.05, 0) is 119 Å². The van der Waals surface area contributed by atoms with Gasteiger partial charge in [-0.3, -0.25) is 23.7 Å². The zero-order valence-electron chi connectivity index (χ0n) is 49.1. The summed E-state index contributed by atoms with van der Waals surface area (Å²) in [6.07, 6.45) is 7.14. The Morgan fingerprint density at radius 1 is 0.852 bits per heavy atom. The van der Waals surface area contributed by atoms with Crippen molar-refractivity contribution in [3.8, 4) is 23.3 Å². The van der Waals surface area contributed by atoms with Gasteiger partial charge < -0.3 is 41.5 Å². The first kappa shape index (κ1) is 66.7. The molecule has 5 heterocycles. The average Bonchev–Trinajstić information content (AvgIpc) is 1.73. The van der Waals surface area contributed by atoms with Crippen molar-refractivity contribution in [3.05, 3.63) is 101 Å². The Balaban J connectivity index is 0.866. The van der Waals surface area contributed by atoms with Gasteiger partial charge in [0.25, 0.3) is 20.2 Å². The SMILES string of the molecule is CC1CC(C)(C)Nc2c1cc1c(c2S(=O)(=O)O)Oc2c(S(=O)(=O)O)c3c(cc2=C1c1c(Cl)c(SCC(=O)NCCCCCC(=O)N[C@@H](Cc2ccc(C#CCCCCC[C@@H]4SC[C@@H]5NC(=O)N[C@@H]54)cc2)C(=O)O)c(Cl)c(Cl)c1C(=O)O)C(C)CC(C)(C)N=3. The highest BCUT2D eigenvalue weighted by molar-refractivity contribution is 8.00. The van der Waals surface area contributed by atoms with Gasteiger partial charge in [0.05, 0.1) is 55.1 Å². The number of aliphatic carboxylic acids is 1. The molecule has 0 saturated carbocycles. The zero-order valence-corrected chi connectivity index (χ0v) is 54.7. The van der Waals surface area contributed by atoms with Crippen molar-refractivity contribution < 1.29 is 64.9 Å². The normalized spacial score (nSPS) is 20.6. The Labute approximate surface area is 534 Å². The van der Waals surface area contributed by atoms with E-state index in [1.54, 1.807) is 32.0 Å². The summed E-state index contributed by atoms with van der Waals surface area (Å²) in [5, 5.41) is 34.4. The van der Waals surface area contributed by atoms with E-state index in [1.807, 2.05) is 51.6 Å². The lowest BCUT2D eigenvalue weighted by Crippen LogP contribution is -2.42. The van der Waals surface area contributed by atoms with Crippen LogP contribution in [0.2, 0.25) is 15.1 Å². The summed E-state index contributed by atoms with van der Waals surface area (Å²) in [7, 11) is -10.6. The van der Waals surface area contributed by atoms with Gasteiger partial charge in [-0.1, -0.05) is 91.9 Å². The minimum absolute atomic E-state index is 0.0324. The molecule has 20 nitrogen and oxygen atoms in total. The van der Waals surface area contributed by atoms with Gasteiger partial charge in [0, 0.05) is 74.7 Å². The number of hydrogen-bond donors (Lipinski definition) is 9. The van der Waals surface area contributed by atoms with E-state index < -0.39 is 105 Å². The number of amides is 4. The maximum absolute atomic E-state index is 13.8. The number of ether oxygens (including phenoxy) is 1. The first-order valence-electron chi connectivity index (χ1n) is 28.9. The summed E-state index contributed by atoms with van der Waals surface area (Å²) in [4.78, 5) is 66.8. The van der Waals surface area contributed by atoms with Crippen LogP contribution in [-0.2, 0) is 41.0 Å². The van der Waals surface area contributed by atoms with Crippen molar-refractivity contribution in [3.63, 3.8) is 0 Å². The molecule has 0 radical (unpaired) electrons. The van der Waals surface area contributed by atoms with Gasteiger partial charge in [-0.15, -0.1) is 11.8 Å². The summed E-state index contributed by atoms with van der Waals surface area (Å²) < 4.78 is 83.7. The maximum Gasteiger partial charge on any atom is 0.337 e. The monoisotopic (exact) mass is 1340 g/mol. The third-order valence-corrected chi connectivity index (χ3v) is 22.2. The predicted octanol–water partition coefficient (Wildman–Crippen LogP) is 9.84. The highest BCUT2D eigenvalue weighted by atomic mass is 35.5. The quantitative estimate of drug-likeness (QED) is 0.00777. The van der Waals surface area contributed by atoms with Gasteiger partial charge in [0.2, 0.25) is 11.8 Å². The molecule has 5 aliphatic heterocycles. The van der Waals surface area contributed by atoms with Crippen LogP contribution in [0.5, 0.6) is 11.5 Å². The highest BCUT2D eigenvalue weighted by Gasteiger charge is 2.45. The van der Waals surface area contributed by atoms with Crippen LogP contribution in [0.25, 0.3) is 5.57 Å². The van der Waals surface area contributed by atoms with E-state index in [0.29, 0.717) is 54.0 Å². The van der Waals surface area contributed by atoms with Crippen molar-refractivity contribution >= 4 is 120 Å². The Morgan fingerprint density at radius 3 is 2.23 bits per heavy atom. The fourth-order valence-corrected chi connectivity index (χ4v) is 17.7. The molecule has 27 heteroatoms. The lowest BCUT2D eigenvalue weighted by molar-refractivity contribution is -0.141. The second kappa shape index (κ2) is 26.6. The molecule has 4 aromatic carbocycles. The summed E-state index contributed by atoms with van der Waals surface area (Å²) in [5.74, 6) is 1.08. The standard InChI is InChI=1S/C61H69Cl3N6O14S4/c1-30-26-60(3,4)69-49-34(30)24-36-43(37-25-35-31(2)27-61(5,6)70-50(35)56(88(81,82)83)53(37)84-52(36)55(49)87(78,79)80)44-45(58(75)76)46(62)48(64)54(47(44)63)86-29-42(72)65-22-14-10-13-17-41(71)66-38(57(73)74)23-33-20-18-32(19-21-33)15-11-8-7-9-12-16-40-51-39(28-85-40)67-59(77)68-51/h18-21,24-25,30-31,38-40,51,69H,7-10,12-14,16-17,22-23,26-29H2,1-6H3,(H,65,72)(H,66,71)(H,73,74)(H,75,76)(H2,67,68,77)(H,78,79,80)(H,81,82,83)/t30?,31?,38-,39-,40-,51-/m0/s1. The Kier molecular flexibility index (Phi) is 20.2. The average molecular weight is 1340 g/mol. The van der Waals surface area contributed by atoms with Crippen LogP contribution in [0, 0.1) is 11.8 Å². The number of fused-ring (bicyclic) bond motifs is 5. The van der Waals surface area contributed by atoms with Crippen LogP contribution >= 0.6 is 58.3 Å². The highest BCUT2D eigenvalue weighted by Crippen LogP contribution is 2.54. The minimum Gasteiger partial charge on any atom is -0.480 e. The van der Waals surface area contributed by atoms with Crippen molar-refractivity contribution in [1.29, 1.82) is 0 Å². The lowest BCUT2D eigenvalue weighted by Gasteiger charge is -2.40. The number of urea groups is 1. The number of benzene rings is 4. The first-order valence-corrected chi connectivity index (χ1v) is 34.9. The first-order chi connectivity index (χ1) is 41.3. The smallest absolute Gasteiger partial charge is 0.337 e. The molecule has 2 saturated heterocycles. The fraction of sp³-hybridized carbons (Fsp3) is 0.475. The summed E-state index contributed by atoms with van der Waals surface area (Å²) in [6.45, 7) is 11.0. The van der Waals surface area contributed by atoms with Gasteiger partial charge in [-0.25, -0.2) is 14.4 Å². The topological polar surface area (TPSA) is 316 Å². The zero-order chi connectivity index (χ0) is 63.9. The van der Waals surface area contributed by atoms with E-state index in [4.69, 9.17) is 44.5 Å². The molecular weight excluding hydrogens is 1280 g/mol. The van der Waals surface area contributed by atoms with Gasteiger partial charge >= 0.3 is 18.0 Å². The van der Waals surface area contributed by atoms with Crippen LogP contribution in [0.1, 0.15) is 168 Å². The fourth-order valence-electron chi connectivity index (χ4n) is 12.5. The van der Waals surface area contributed by atoms with E-state index in [9.17, 15) is 60.1 Å². The van der Waals surface area contributed by atoms with E-state index in [-0.39, 0.29) is 91.2 Å². The molecule has 472 valence electrons. The third-order valence-electron chi connectivity index (χ3n) is 16.3. The molecule has 9 rings (SSSR count). The lowest BCUT2D eigenvalue weighted by atomic mass is 9.79. The minimum atomic E-state index is -5.33. The van der Waals surface area contributed by atoms with E-state index >= 15 is 0 Å². The Morgan fingerprint density at radius 2 is 1.55 bits per heavy atom. The van der Waals surface area contributed by atoms with Crippen LogP contribution in [0.4, 0.5) is 10.5 Å². The number of halogens is 3. The molecule has 0 aliphatic carbocycles.